The van der Waals surface area contributed by atoms with Gasteiger partial charge in [-0.05, 0) is 31.4 Å². The molecule has 3 unspecified atom stereocenters. The number of morpholine rings is 1. The standard InChI is InChI=1S/C20H26N4O4S/c1-23(14-11-12-3-5-15(14)28-12)20(25)22-19-21-17-16(26-2)6-4-13(18(17)29-19)24-7-9-27-10-8-24/h4,6,12,14-15H,3,5,7-11H2,1-2H3,(H,21,22,25). The van der Waals surface area contributed by atoms with Gasteiger partial charge in [0, 0.05) is 20.1 Å². The number of methoxy groups -OCH3 is 1. The zero-order chi connectivity index (χ0) is 20.0. The molecule has 3 fully saturated rings. The number of carbonyl (C=O) groups excluding carboxylic acids is 1. The lowest BCUT2D eigenvalue weighted by atomic mass is 9.95. The number of likely N-dealkylation sites (N-methyl/N-ethyl adjacent to an activating group) is 1. The highest BCUT2D eigenvalue weighted by molar-refractivity contribution is 7.23. The molecule has 3 aliphatic heterocycles. The Morgan fingerprint density at radius 2 is 2.17 bits per heavy atom. The van der Waals surface area contributed by atoms with E-state index in [-0.39, 0.29) is 18.2 Å². The highest BCUT2D eigenvalue weighted by Crippen LogP contribution is 2.40. The molecule has 4 heterocycles. The van der Waals surface area contributed by atoms with E-state index in [4.69, 9.17) is 14.2 Å². The molecule has 0 spiro atoms. The van der Waals surface area contributed by atoms with Crippen molar-refractivity contribution in [1.82, 2.24) is 9.88 Å². The first-order chi connectivity index (χ1) is 14.1. The van der Waals surface area contributed by atoms with Crippen molar-refractivity contribution in [1.29, 1.82) is 0 Å². The molecule has 2 bridgehead atoms. The monoisotopic (exact) mass is 418 g/mol. The van der Waals surface area contributed by atoms with Crippen LogP contribution in [-0.4, -0.2) is 74.6 Å². The average Bonchev–Trinajstić information content (AvgIpc) is 3.48. The van der Waals surface area contributed by atoms with Crippen LogP contribution in [0.3, 0.4) is 0 Å². The molecule has 2 aromatic rings. The first-order valence-corrected chi connectivity index (χ1v) is 10.9. The van der Waals surface area contributed by atoms with Crippen LogP contribution in [-0.2, 0) is 9.47 Å². The molecular weight excluding hydrogens is 392 g/mol. The molecular formula is C20H26N4O4S. The molecule has 1 aromatic carbocycles. The highest BCUT2D eigenvalue weighted by Gasteiger charge is 2.44. The van der Waals surface area contributed by atoms with Crippen LogP contribution in [0.15, 0.2) is 12.1 Å². The Labute approximate surface area is 173 Å². The third-order valence-electron chi connectivity index (χ3n) is 6.16. The second-order valence-electron chi connectivity index (χ2n) is 7.80. The van der Waals surface area contributed by atoms with Crippen LogP contribution in [0, 0.1) is 0 Å². The van der Waals surface area contributed by atoms with Gasteiger partial charge in [-0.2, -0.15) is 0 Å². The van der Waals surface area contributed by atoms with Gasteiger partial charge in [0.15, 0.2) is 5.13 Å². The third kappa shape index (κ3) is 3.41. The number of amides is 2. The molecule has 8 nitrogen and oxygen atoms in total. The van der Waals surface area contributed by atoms with Crippen molar-refractivity contribution < 1.29 is 19.0 Å². The Balaban J connectivity index is 1.39. The molecule has 0 radical (unpaired) electrons. The predicted molar refractivity (Wildman–Crippen MR) is 112 cm³/mol. The fraction of sp³-hybridized carbons (Fsp3) is 0.600. The molecule has 29 heavy (non-hydrogen) atoms. The largest absolute Gasteiger partial charge is 0.494 e. The number of nitrogens with zero attached hydrogens (tertiary/aromatic N) is 3. The number of ether oxygens (including phenoxy) is 3. The average molecular weight is 419 g/mol. The van der Waals surface area contributed by atoms with Crippen molar-refractivity contribution >= 4 is 38.4 Å². The molecule has 1 aromatic heterocycles. The Bertz CT molecular complexity index is 913. The van der Waals surface area contributed by atoms with Crippen molar-refractivity contribution in [2.24, 2.45) is 0 Å². The van der Waals surface area contributed by atoms with Gasteiger partial charge in [-0.3, -0.25) is 5.32 Å². The molecule has 3 atom stereocenters. The highest BCUT2D eigenvalue weighted by atomic mass is 32.1. The summed E-state index contributed by atoms with van der Waals surface area (Å²) in [6.45, 7) is 3.11. The first-order valence-electron chi connectivity index (χ1n) is 10.1. The second kappa shape index (κ2) is 7.62. The van der Waals surface area contributed by atoms with Crippen LogP contribution < -0.4 is 15.0 Å². The topological polar surface area (TPSA) is 76.2 Å². The van der Waals surface area contributed by atoms with Crippen LogP contribution in [0.4, 0.5) is 15.6 Å². The number of urea groups is 1. The lowest BCUT2D eigenvalue weighted by molar-refractivity contribution is 0.0844. The van der Waals surface area contributed by atoms with Crippen LogP contribution in [0.2, 0.25) is 0 Å². The van der Waals surface area contributed by atoms with Gasteiger partial charge >= 0.3 is 6.03 Å². The molecule has 9 heteroatoms. The molecule has 2 amide bonds. The maximum Gasteiger partial charge on any atom is 0.323 e. The minimum Gasteiger partial charge on any atom is -0.494 e. The fourth-order valence-electron chi connectivity index (χ4n) is 4.59. The molecule has 3 aliphatic rings. The van der Waals surface area contributed by atoms with E-state index < -0.39 is 0 Å². The number of rotatable bonds is 4. The summed E-state index contributed by atoms with van der Waals surface area (Å²) in [5, 5.41) is 3.57. The maximum atomic E-state index is 12.9. The smallest absolute Gasteiger partial charge is 0.323 e. The summed E-state index contributed by atoms with van der Waals surface area (Å²) in [6.07, 6.45) is 3.54. The molecule has 0 aliphatic carbocycles. The van der Waals surface area contributed by atoms with Crippen molar-refractivity contribution in [3.05, 3.63) is 12.1 Å². The van der Waals surface area contributed by atoms with Crippen LogP contribution in [0.5, 0.6) is 5.75 Å². The Kier molecular flexibility index (Phi) is 4.97. The van der Waals surface area contributed by atoms with E-state index in [0.717, 1.165) is 48.3 Å². The first kappa shape index (κ1) is 18.9. The van der Waals surface area contributed by atoms with Gasteiger partial charge in [-0.25, -0.2) is 9.78 Å². The summed E-state index contributed by atoms with van der Waals surface area (Å²) < 4.78 is 17.9. The lowest BCUT2D eigenvalue weighted by Gasteiger charge is -2.29. The van der Waals surface area contributed by atoms with E-state index in [1.807, 2.05) is 13.1 Å². The van der Waals surface area contributed by atoms with Gasteiger partial charge in [0.2, 0.25) is 0 Å². The van der Waals surface area contributed by atoms with Gasteiger partial charge < -0.3 is 24.0 Å². The van der Waals surface area contributed by atoms with Gasteiger partial charge in [0.25, 0.3) is 0 Å². The normalized spacial score (nSPS) is 26.1. The minimum atomic E-state index is -0.142. The van der Waals surface area contributed by atoms with E-state index in [1.54, 1.807) is 12.0 Å². The van der Waals surface area contributed by atoms with Crippen LogP contribution in [0.25, 0.3) is 10.2 Å². The zero-order valence-electron chi connectivity index (χ0n) is 16.7. The second-order valence-corrected chi connectivity index (χ2v) is 8.80. The summed E-state index contributed by atoms with van der Waals surface area (Å²) >= 11 is 1.49. The van der Waals surface area contributed by atoms with Gasteiger partial charge in [-0.1, -0.05) is 11.3 Å². The van der Waals surface area contributed by atoms with E-state index in [1.165, 1.54) is 11.3 Å². The van der Waals surface area contributed by atoms with Crippen LogP contribution in [0.1, 0.15) is 19.3 Å². The van der Waals surface area contributed by atoms with Gasteiger partial charge in [0.05, 0.1) is 49.0 Å². The van der Waals surface area contributed by atoms with E-state index in [2.05, 4.69) is 21.3 Å². The summed E-state index contributed by atoms with van der Waals surface area (Å²) in [5.74, 6) is 0.712. The molecule has 3 saturated heterocycles. The summed E-state index contributed by atoms with van der Waals surface area (Å²) in [6, 6.07) is 4.00. The SMILES string of the molecule is COc1ccc(N2CCOCC2)c2sc(NC(=O)N(C)C3CC4CCC3O4)nc12. The maximum absolute atomic E-state index is 12.9. The molecule has 1 N–H and O–H groups in total. The Hall–Kier alpha value is -2.10. The Morgan fingerprint density at radius 1 is 1.34 bits per heavy atom. The molecule has 5 rings (SSSR count). The van der Waals surface area contributed by atoms with Crippen molar-refractivity contribution in [3.63, 3.8) is 0 Å². The van der Waals surface area contributed by atoms with E-state index in [0.29, 0.717) is 30.2 Å². The third-order valence-corrected chi connectivity index (χ3v) is 7.16. The molecule has 156 valence electrons. The zero-order valence-corrected chi connectivity index (χ0v) is 17.5. The number of thiazole rings is 1. The quantitative estimate of drug-likeness (QED) is 0.823. The van der Waals surface area contributed by atoms with Gasteiger partial charge in [0.1, 0.15) is 11.3 Å². The number of nitrogens with one attached hydrogen (secondary N) is 1. The number of hydrogen-bond acceptors (Lipinski definition) is 7. The number of anilines is 2. The number of fused-ring (bicyclic) bond motifs is 3. The number of benzene rings is 1. The van der Waals surface area contributed by atoms with Crippen LogP contribution >= 0.6 is 11.3 Å². The predicted octanol–water partition coefficient (Wildman–Crippen LogP) is 2.93. The number of hydrogen-bond donors (Lipinski definition) is 1. The summed E-state index contributed by atoms with van der Waals surface area (Å²) in [4.78, 5) is 21.6. The summed E-state index contributed by atoms with van der Waals surface area (Å²) in [5.41, 5.74) is 1.89. The van der Waals surface area contributed by atoms with E-state index in [9.17, 15) is 4.79 Å². The van der Waals surface area contributed by atoms with Crippen molar-refractivity contribution in [3.8, 4) is 5.75 Å². The summed E-state index contributed by atoms with van der Waals surface area (Å²) in [7, 11) is 3.49. The minimum absolute atomic E-state index is 0.140. The lowest BCUT2D eigenvalue weighted by Crippen LogP contribution is -2.44. The van der Waals surface area contributed by atoms with Gasteiger partial charge in [-0.15, -0.1) is 0 Å². The number of carbonyl (C=O) groups is 1. The number of aromatic nitrogens is 1. The van der Waals surface area contributed by atoms with Crippen molar-refractivity contribution in [2.75, 3.05) is 50.7 Å². The fourth-order valence-corrected chi connectivity index (χ4v) is 5.60. The Morgan fingerprint density at radius 3 is 2.86 bits per heavy atom. The van der Waals surface area contributed by atoms with E-state index >= 15 is 0 Å². The molecule has 0 saturated carbocycles. The van der Waals surface area contributed by atoms with Crippen molar-refractivity contribution in [2.45, 2.75) is 37.5 Å².